The zero-order valence-corrected chi connectivity index (χ0v) is 19.7. The molecule has 0 aliphatic carbocycles. The number of nitrogens with one attached hydrogen (secondary N) is 2. The number of rotatable bonds is 11. The number of hydrogen-bond donors (Lipinski definition) is 4. The minimum absolute atomic E-state index is 0.416. The van der Waals surface area contributed by atoms with Crippen LogP contribution in [0.15, 0.2) is 48.5 Å². The molecule has 32 heavy (non-hydrogen) atoms. The number of benzene rings is 2. The number of carboxylic acids is 2. The zero-order chi connectivity index (χ0) is 23.7. The minimum atomic E-state index is -0.963. The van der Waals surface area contributed by atoms with Crippen molar-refractivity contribution >= 4 is 35.0 Å². The van der Waals surface area contributed by atoms with Crippen LogP contribution in [0.4, 0.5) is 5.69 Å². The molecule has 0 fully saturated rings. The smallest absolute Gasteiger partial charge is 0.313 e. The van der Waals surface area contributed by atoms with Gasteiger partial charge < -0.3 is 20.8 Å². The largest absolute Gasteiger partial charge is 0.481 e. The first-order chi connectivity index (χ1) is 15.2. The third kappa shape index (κ3) is 6.53. The molecule has 0 bridgehead atoms. The van der Waals surface area contributed by atoms with Gasteiger partial charge in [-0.25, -0.2) is 0 Å². The Labute approximate surface area is 195 Å². The number of hydrogen-bond acceptors (Lipinski definition) is 3. The maximum absolute atomic E-state index is 11.9. The van der Waals surface area contributed by atoms with Gasteiger partial charge in [0.2, 0.25) is 0 Å². The van der Waals surface area contributed by atoms with Crippen molar-refractivity contribution in [2.45, 2.75) is 57.8 Å². The lowest BCUT2D eigenvalue weighted by atomic mass is 9.78. The summed E-state index contributed by atoms with van der Waals surface area (Å²) in [5, 5.41) is 26.0. The Morgan fingerprint density at radius 3 is 2.41 bits per heavy atom. The molecule has 0 heterocycles. The number of aryl methyl sites for hydroxylation is 1. The second-order valence-electron chi connectivity index (χ2n) is 8.24. The molecule has 172 valence electrons. The molecule has 4 N–H and O–H groups in total. The van der Waals surface area contributed by atoms with Crippen LogP contribution in [0.2, 0.25) is 0 Å². The maximum Gasteiger partial charge on any atom is 0.313 e. The van der Waals surface area contributed by atoms with Crippen LogP contribution in [0.25, 0.3) is 0 Å². The Balaban J connectivity index is 1.95. The van der Waals surface area contributed by atoms with Gasteiger partial charge in [-0.2, -0.15) is 0 Å². The molecule has 0 radical (unpaired) electrons. The fraction of sp³-hybridized carbons (Fsp3) is 0.400. The van der Waals surface area contributed by atoms with Crippen molar-refractivity contribution in [2.75, 3.05) is 11.9 Å². The molecule has 6 nitrogen and oxygen atoms in total. The third-order valence-electron chi connectivity index (χ3n) is 5.81. The van der Waals surface area contributed by atoms with Crippen molar-refractivity contribution in [1.29, 1.82) is 0 Å². The number of carbonyl (C=O) groups is 2. The van der Waals surface area contributed by atoms with Crippen LogP contribution in [0, 0.1) is 6.92 Å². The SMILES string of the molecule is CCCC(C(=O)O)c1cc(NC(=S)NCCCC(C)(C(=O)O)c2ccccc2)ccc1C. The summed E-state index contributed by atoms with van der Waals surface area (Å²) in [6.07, 6.45) is 2.45. The molecule has 2 atom stereocenters. The van der Waals surface area contributed by atoms with Gasteiger partial charge in [0.25, 0.3) is 0 Å². The third-order valence-corrected chi connectivity index (χ3v) is 6.06. The van der Waals surface area contributed by atoms with Crippen LogP contribution in [0.5, 0.6) is 0 Å². The highest BCUT2D eigenvalue weighted by Crippen LogP contribution is 2.29. The number of anilines is 1. The fourth-order valence-electron chi connectivity index (χ4n) is 3.79. The lowest BCUT2D eigenvalue weighted by Gasteiger charge is -2.25. The quantitative estimate of drug-likeness (QED) is 0.277. The van der Waals surface area contributed by atoms with E-state index in [0.29, 0.717) is 30.9 Å². The lowest BCUT2D eigenvalue weighted by molar-refractivity contribution is -0.143. The molecule has 2 unspecified atom stereocenters. The minimum Gasteiger partial charge on any atom is -0.481 e. The van der Waals surface area contributed by atoms with Gasteiger partial charge in [0, 0.05) is 12.2 Å². The van der Waals surface area contributed by atoms with Gasteiger partial charge in [-0.3, -0.25) is 9.59 Å². The molecule has 2 rings (SSSR count). The topological polar surface area (TPSA) is 98.7 Å². The van der Waals surface area contributed by atoms with Gasteiger partial charge in [-0.15, -0.1) is 0 Å². The van der Waals surface area contributed by atoms with Crippen molar-refractivity contribution in [3.05, 3.63) is 65.2 Å². The van der Waals surface area contributed by atoms with Gasteiger partial charge in [0.1, 0.15) is 0 Å². The normalized spacial score (nSPS) is 13.6. The number of thiocarbonyl (C=S) groups is 1. The first-order valence-corrected chi connectivity index (χ1v) is 11.3. The highest BCUT2D eigenvalue weighted by molar-refractivity contribution is 7.80. The van der Waals surface area contributed by atoms with Gasteiger partial charge in [0.05, 0.1) is 11.3 Å². The van der Waals surface area contributed by atoms with Crippen LogP contribution >= 0.6 is 12.2 Å². The van der Waals surface area contributed by atoms with Crippen LogP contribution in [0.1, 0.15) is 62.1 Å². The van der Waals surface area contributed by atoms with E-state index in [-0.39, 0.29) is 0 Å². The Kier molecular flexibility index (Phi) is 9.20. The van der Waals surface area contributed by atoms with Crippen molar-refractivity contribution in [1.82, 2.24) is 5.32 Å². The molecular weight excluding hydrogens is 424 g/mol. The Hall–Kier alpha value is -2.93. The number of aliphatic carboxylic acids is 2. The van der Waals surface area contributed by atoms with Gasteiger partial charge in [-0.05, 0) is 74.2 Å². The molecule has 0 spiro atoms. The zero-order valence-electron chi connectivity index (χ0n) is 18.9. The summed E-state index contributed by atoms with van der Waals surface area (Å²) in [5.41, 5.74) is 2.26. The van der Waals surface area contributed by atoms with E-state index in [1.54, 1.807) is 6.92 Å². The molecule has 0 aliphatic heterocycles. The molecule has 0 saturated carbocycles. The van der Waals surface area contributed by atoms with Gasteiger partial charge in [0.15, 0.2) is 5.11 Å². The summed E-state index contributed by atoms with van der Waals surface area (Å²) in [5.74, 6) is -2.22. The summed E-state index contributed by atoms with van der Waals surface area (Å²) >= 11 is 5.38. The first kappa shape index (κ1) is 25.3. The van der Waals surface area contributed by atoms with E-state index < -0.39 is 23.3 Å². The molecule has 2 aromatic carbocycles. The summed E-state index contributed by atoms with van der Waals surface area (Å²) in [6.45, 7) is 6.14. The van der Waals surface area contributed by atoms with Crippen molar-refractivity contribution in [3.63, 3.8) is 0 Å². The molecule has 7 heteroatoms. The Bertz CT molecular complexity index is 948. The Morgan fingerprint density at radius 1 is 1.12 bits per heavy atom. The van der Waals surface area contributed by atoms with E-state index >= 15 is 0 Å². The monoisotopic (exact) mass is 456 g/mol. The second-order valence-corrected chi connectivity index (χ2v) is 8.65. The van der Waals surface area contributed by atoms with Gasteiger partial charge >= 0.3 is 11.9 Å². The predicted octanol–water partition coefficient (Wildman–Crippen LogP) is 5.07. The van der Waals surface area contributed by atoms with Crippen LogP contribution < -0.4 is 10.6 Å². The first-order valence-electron chi connectivity index (χ1n) is 10.9. The van der Waals surface area contributed by atoms with E-state index in [4.69, 9.17) is 12.2 Å². The van der Waals surface area contributed by atoms with E-state index in [1.807, 2.05) is 62.4 Å². The van der Waals surface area contributed by atoms with E-state index in [9.17, 15) is 19.8 Å². The summed E-state index contributed by atoms with van der Waals surface area (Å²) < 4.78 is 0. The lowest BCUT2D eigenvalue weighted by Crippen LogP contribution is -2.35. The summed E-state index contributed by atoms with van der Waals surface area (Å²) in [7, 11) is 0. The van der Waals surface area contributed by atoms with E-state index in [0.717, 1.165) is 28.8 Å². The van der Waals surface area contributed by atoms with Crippen LogP contribution in [-0.4, -0.2) is 33.8 Å². The highest BCUT2D eigenvalue weighted by Gasteiger charge is 2.34. The Morgan fingerprint density at radius 2 is 1.81 bits per heavy atom. The molecule has 0 aliphatic rings. The van der Waals surface area contributed by atoms with E-state index in [2.05, 4.69) is 10.6 Å². The summed E-state index contributed by atoms with van der Waals surface area (Å²) in [6, 6.07) is 14.8. The summed E-state index contributed by atoms with van der Waals surface area (Å²) in [4.78, 5) is 23.6. The second kappa shape index (κ2) is 11.6. The average Bonchev–Trinajstić information content (AvgIpc) is 2.76. The molecule has 0 amide bonds. The fourth-order valence-corrected chi connectivity index (χ4v) is 4.01. The standard InChI is InChI=1S/C25H32N2O4S/c1-4-9-20(22(28)29)21-16-19(13-12-17(21)2)27-24(32)26-15-8-14-25(3,23(30)31)18-10-6-5-7-11-18/h5-7,10-13,16,20H,4,8-9,14-15H2,1-3H3,(H,28,29)(H,30,31)(H2,26,27,32). The van der Waals surface area contributed by atoms with Crippen molar-refractivity contribution < 1.29 is 19.8 Å². The predicted molar refractivity (Wildman–Crippen MR) is 131 cm³/mol. The molecule has 0 saturated heterocycles. The van der Waals surface area contributed by atoms with Gasteiger partial charge in [-0.1, -0.05) is 49.7 Å². The van der Waals surface area contributed by atoms with Crippen LogP contribution in [-0.2, 0) is 15.0 Å². The van der Waals surface area contributed by atoms with Crippen molar-refractivity contribution in [2.24, 2.45) is 0 Å². The molecular formula is C25H32N2O4S. The maximum atomic E-state index is 11.9. The van der Waals surface area contributed by atoms with E-state index in [1.165, 1.54) is 0 Å². The average molecular weight is 457 g/mol. The number of carboxylic acid groups (broad SMARTS) is 2. The molecule has 0 aromatic heterocycles. The highest BCUT2D eigenvalue weighted by atomic mass is 32.1. The van der Waals surface area contributed by atoms with Crippen molar-refractivity contribution in [3.8, 4) is 0 Å². The molecule has 2 aromatic rings. The van der Waals surface area contributed by atoms with Crippen LogP contribution in [0.3, 0.4) is 0 Å².